The summed E-state index contributed by atoms with van der Waals surface area (Å²) in [4.78, 5) is 14.0. The molecule has 1 saturated carbocycles. The molecule has 1 atom stereocenters. The van der Waals surface area contributed by atoms with Crippen LogP contribution in [-0.4, -0.2) is 24.5 Å². The van der Waals surface area contributed by atoms with E-state index in [2.05, 4.69) is 5.32 Å². The molecule has 1 unspecified atom stereocenters. The maximum absolute atomic E-state index is 12.2. The van der Waals surface area contributed by atoms with Crippen LogP contribution in [0.3, 0.4) is 0 Å². The maximum atomic E-state index is 12.2. The first-order valence-electron chi connectivity index (χ1n) is 6.07. The summed E-state index contributed by atoms with van der Waals surface area (Å²) >= 11 is 5.95. The Morgan fingerprint density at radius 2 is 2.12 bits per heavy atom. The summed E-state index contributed by atoms with van der Waals surface area (Å²) in [6, 6.07) is 8.06. The van der Waals surface area contributed by atoms with E-state index in [0.29, 0.717) is 11.1 Å². The lowest BCUT2D eigenvalue weighted by Crippen LogP contribution is -2.39. The molecule has 0 radical (unpaired) electrons. The zero-order chi connectivity index (χ0) is 11.8. The summed E-state index contributed by atoms with van der Waals surface area (Å²) < 4.78 is 0. The molecule has 2 fully saturated rings. The number of halogens is 1. The van der Waals surface area contributed by atoms with Gasteiger partial charge in [0, 0.05) is 23.3 Å². The fraction of sp³-hybridized carbons (Fsp3) is 0.462. The van der Waals surface area contributed by atoms with Crippen LogP contribution in [0.25, 0.3) is 0 Å². The Hall–Kier alpha value is -1.06. The molecule has 4 heteroatoms. The van der Waals surface area contributed by atoms with Gasteiger partial charge in [0.05, 0.1) is 6.04 Å². The molecule has 17 heavy (non-hydrogen) atoms. The predicted molar refractivity (Wildman–Crippen MR) is 68.4 cm³/mol. The quantitative estimate of drug-likeness (QED) is 0.892. The van der Waals surface area contributed by atoms with E-state index in [9.17, 15) is 4.79 Å². The number of amides is 1. The standard InChI is InChI=1S/C13H15ClN2O/c14-9-2-1-3-11(8-9)16-7-6-12(13(16)17)15-10-4-5-10/h1-3,8,10,12,15H,4-7H2. The summed E-state index contributed by atoms with van der Waals surface area (Å²) in [5.41, 5.74) is 0.905. The number of hydrogen-bond donors (Lipinski definition) is 1. The third-order valence-electron chi connectivity index (χ3n) is 3.34. The number of nitrogens with zero attached hydrogens (tertiary/aromatic N) is 1. The van der Waals surface area contributed by atoms with Gasteiger partial charge < -0.3 is 10.2 Å². The summed E-state index contributed by atoms with van der Waals surface area (Å²) in [5.74, 6) is 0.180. The first kappa shape index (κ1) is 11.1. The van der Waals surface area contributed by atoms with E-state index in [1.807, 2.05) is 29.2 Å². The highest BCUT2D eigenvalue weighted by atomic mass is 35.5. The number of carbonyl (C=O) groups is 1. The van der Waals surface area contributed by atoms with Crippen molar-refractivity contribution in [2.75, 3.05) is 11.4 Å². The Morgan fingerprint density at radius 1 is 1.29 bits per heavy atom. The van der Waals surface area contributed by atoms with Crippen LogP contribution in [0.5, 0.6) is 0 Å². The minimum atomic E-state index is 0.00137. The van der Waals surface area contributed by atoms with Gasteiger partial charge in [-0.1, -0.05) is 17.7 Å². The van der Waals surface area contributed by atoms with E-state index in [1.54, 1.807) is 0 Å². The molecule has 3 nitrogen and oxygen atoms in total. The van der Waals surface area contributed by atoms with Crippen molar-refractivity contribution in [3.63, 3.8) is 0 Å². The lowest BCUT2D eigenvalue weighted by molar-refractivity contribution is -0.118. The normalized spacial score (nSPS) is 24.4. The van der Waals surface area contributed by atoms with E-state index >= 15 is 0 Å². The molecule has 1 N–H and O–H groups in total. The Bertz CT molecular complexity index is 445. The summed E-state index contributed by atoms with van der Waals surface area (Å²) in [6.45, 7) is 0.781. The van der Waals surface area contributed by atoms with Crippen molar-refractivity contribution in [2.24, 2.45) is 0 Å². The van der Waals surface area contributed by atoms with Crippen LogP contribution >= 0.6 is 11.6 Å². The Labute approximate surface area is 106 Å². The molecule has 1 heterocycles. The van der Waals surface area contributed by atoms with Crippen molar-refractivity contribution >= 4 is 23.2 Å². The molecule has 1 aliphatic heterocycles. The number of anilines is 1. The van der Waals surface area contributed by atoms with Gasteiger partial charge >= 0.3 is 0 Å². The minimum absolute atomic E-state index is 0.00137. The van der Waals surface area contributed by atoms with Crippen LogP contribution in [0.4, 0.5) is 5.69 Å². The van der Waals surface area contributed by atoms with Gasteiger partial charge in [0.25, 0.3) is 0 Å². The number of hydrogen-bond acceptors (Lipinski definition) is 2. The molecule has 3 rings (SSSR count). The molecule has 0 spiro atoms. The largest absolute Gasteiger partial charge is 0.311 e. The van der Waals surface area contributed by atoms with E-state index in [-0.39, 0.29) is 11.9 Å². The Balaban J connectivity index is 1.74. The molecule has 1 amide bonds. The summed E-state index contributed by atoms with van der Waals surface area (Å²) in [7, 11) is 0. The minimum Gasteiger partial charge on any atom is -0.311 e. The van der Waals surface area contributed by atoms with E-state index in [1.165, 1.54) is 12.8 Å². The van der Waals surface area contributed by atoms with Gasteiger partial charge in [0.15, 0.2) is 0 Å². The molecular formula is C13H15ClN2O. The molecule has 0 bridgehead atoms. The highest BCUT2D eigenvalue weighted by Gasteiger charge is 2.36. The van der Waals surface area contributed by atoms with Gasteiger partial charge in [0.2, 0.25) is 5.91 Å². The second-order valence-corrected chi connectivity index (χ2v) is 5.19. The maximum Gasteiger partial charge on any atom is 0.244 e. The number of benzene rings is 1. The topological polar surface area (TPSA) is 32.3 Å². The second-order valence-electron chi connectivity index (χ2n) is 4.75. The lowest BCUT2D eigenvalue weighted by Gasteiger charge is -2.17. The zero-order valence-electron chi connectivity index (χ0n) is 9.53. The van der Waals surface area contributed by atoms with Gasteiger partial charge in [-0.05, 0) is 37.5 Å². The molecule has 2 aliphatic rings. The third-order valence-corrected chi connectivity index (χ3v) is 3.57. The first-order chi connectivity index (χ1) is 8.24. The molecule has 1 aliphatic carbocycles. The average molecular weight is 251 g/mol. The van der Waals surface area contributed by atoms with Crippen LogP contribution in [-0.2, 0) is 4.79 Å². The zero-order valence-corrected chi connectivity index (χ0v) is 10.3. The second kappa shape index (κ2) is 4.31. The molecule has 1 aromatic rings. The average Bonchev–Trinajstić information content (AvgIpc) is 3.04. The molecule has 0 aromatic heterocycles. The fourth-order valence-electron chi connectivity index (χ4n) is 2.27. The SMILES string of the molecule is O=C1C(NC2CC2)CCN1c1cccc(Cl)c1. The number of rotatable bonds is 3. The monoisotopic (exact) mass is 250 g/mol. The van der Waals surface area contributed by atoms with Gasteiger partial charge in [-0.25, -0.2) is 0 Å². The molecule has 90 valence electrons. The fourth-order valence-corrected chi connectivity index (χ4v) is 2.45. The summed E-state index contributed by atoms with van der Waals surface area (Å²) in [6.07, 6.45) is 3.31. The van der Waals surface area contributed by atoms with Crippen LogP contribution in [0.15, 0.2) is 24.3 Å². The summed E-state index contributed by atoms with van der Waals surface area (Å²) in [5, 5.41) is 4.07. The van der Waals surface area contributed by atoms with E-state index < -0.39 is 0 Å². The Kier molecular flexibility index (Phi) is 2.81. The van der Waals surface area contributed by atoms with Crippen molar-refractivity contribution in [1.82, 2.24) is 5.32 Å². The van der Waals surface area contributed by atoms with Crippen molar-refractivity contribution in [1.29, 1.82) is 0 Å². The van der Waals surface area contributed by atoms with Gasteiger partial charge in [0.1, 0.15) is 0 Å². The highest BCUT2D eigenvalue weighted by molar-refractivity contribution is 6.30. The Morgan fingerprint density at radius 3 is 2.82 bits per heavy atom. The lowest BCUT2D eigenvalue weighted by atomic mass is 10.2. The molecule has 1 saturated heterocycles. The number of nitrogens with one attached hydrogen (secondary N) is 1. The van der Waals surface area contributed by atoms with Crippen LogP contribution in [0.1, 0.15) is 19.3 Å². The number of carbonyl (C=O) groups excluding carboxylic acids is 1. The highest BCUT2D eigenvalue weighted by Crippen LogP contribution is 2.27. The predicted octanol–water partition coefficient (Wildman–Crippen LogP) is 2.20. The molecule has 1 aromatic carbocycles. The van der Waals surface area contributed by atoms with Crippen LogP contribution in [0, 0.1) is 0 Å². The van der Waals surface area contributed by atoms with Crippen molar-refractivity contribution in [2.45, 2.75) is 31.3 Å². The van der Waals surface area contributed by atoms with Gasteiger partial charge in [-0.2, -0.15) is 0 Å². The van der Waals surface area contributed by atoms with Gasteiger partial charge in [-0.15, -0.1) is 0 Å². The van der Waals surface area contributed by atoms with Gasteiger partial charge in [-0.3, -0.25) is 4.79 Å². The first-order valence-corrected chi connectivity index (χ1v) is 6.45. The van der Waals surface area contributed by atoms with Crippen LogP contribution in [0.2, 0.25) is 5.02 Å². The molecular weight excluding hydrogens is 236 g/mol. The van der Waals surface area contributed by atoms with Crippen molar-refractivity contribution in [3.05, 3.63) is 29.3 Å². The van der Waals surface area contributed by atoms with Crippen LogP contribution < -0.4 is 10.2 Å². The van der Waals surface area contributed by atoms with Crippen molar-refractivity contribution < 1.29 is 4.79 Å². The third kappa shape index (κ3) is 2.31. The smallest absolute Gasteiger partial charge is 0.244 e. The van der Waals surface area contributed by atoms with E-state index in [0.717, 1.165) is 18.7 Å². The van der Waals surface area contributed by atoms with Crippen molar-refractivity contribution in [3.8, 4) is 0 Å². The van der Waals surface area contributed by atoms with E-state index in [4.69, 9.17) is 11.6 Å².